The van der Waals surface area contributed by atoms with Crippen LogP contribution in [0.5, 0.6) is 0 Å². The molecule has 3 aromatic rings. The average molecular weight is 453 g/mol. The van der Waals surface area contributed by atoms with Crippen LogP contribution in [0.4, 0.5) is 0 Å². The van der Waals surface area contributed by atoms with Gasteiger partial charge in [0, 0.05) is 19.1 Å². The number of carbonyl (C=O) groups is 1. The van der Waals surface area contributed by atoms with E-state index in [9.17, 15) is 4.79 Å². The molecule has 0 aromatic heterocycles. The van der Waals surface area contributed by atoms with E-state index in [1.165, 1.54) is 49.0 Å². The number of nitrogens with zero attached hydrogens (tertiary/aromatic N) is 2. The lowest BCUT2D eigenvalue weighted by atomic mass is 9.89. The molecular weight excluding hydrogens is 416 g/mol. The zero-order valence-electron chi connectivity index (χ0n) is 20.1. The number of hydrogen-bond donors (Lipinski definition) is 0. The van der Waals surface area contributed by atoms with Crippen molar-refractivity contribution in [2.75, 3.05) is 19.6 Å². The summed E-state index contributed by atoms with van der Waals surface area (Å²) >= 11 is 0. The molecule has 1 atom stereocenters. The van der Waals surface area contributed by atoms with Crippen molar-refractivity contribution in [3.63, 3.8) is 0 Å². The van der Waals surface area contributed by atoms with Crippen LogP contribution in [0.1, 0.15) is 41.5 Å². The number of hydrogen-bond acceptors (Lipinski definition) is 2. The van der Waals surface area contributed by atoms with Crippen molar-refractivity contribution in [3.05, 3.63) is 107 Å². The molecule has 5 rings (SSSR count). The molecule has 3 heteroatoms. The van der Waals surface area contributed by atoms with Gasteiger partial charge in [-0.3, -0.25) is 4.79 Å². The molecule has 0 saturated carbocycles. The molecule has 1 amide bonds. The number of amides is 1. The Balaban J connectivity index is 1.18. The third-order valence-corrected chi connectivity index (χ3v) is 7.73. The van der Waals surface area contributed by atoms with Gasteiger partial charge in [-0.05, 0) is 73.4 Å². The summed E-state index contributed by atoms with van der Waals surface area (Å²) in [6.07, 6.45) is 6.28. The minimum Gasteiger partial charge on any atom is -0.335 e. The first-order chi connectivity index (χ1) is 16.7. The largest absolute Gasteiger partial charge is 0.335 e. The summed E-state index contributed by atoms with van der Waals surface area (Å²) in [6.45, 7) is 4.18. The van der Waals surface area contributed by atoms with Crippen LogP contribution in [-0.4, -0.2) is 41.4 Å². The van der Waals surface area contributed by atoms with Crippen LogP contribution in [0.15, 0.2) is 84.9 Å². The van der Waals surface area contributed by atoms with Crippen molar-refractivity contribution in [1.82, 2.24) is 9.80 Å². The van der Waals surface area contributed by atoms with Crippen LogP contribution in [0.25, 0.3) is 0 Å². The summed E-state index contributed by atoms with van der Waals surface area (Å²) in [5.41, 5.74) is 5.29. The van der Waals surface area contributed by atoms with E-state index >= 15 is 0 Å². The Labute approximate surface area is 204 Å². The molecule has 1 saturated heterocycles. The predicted molar refractivity (Wildman–Crippen MR) is 139 cm³/mol. The van der Waals surface area contributed by atoms with Crippen molar-refractivity contribution in [1.29, 1.82) is 0 Å². The van der Waals surface area contributed by atoms with E-state index in [-0.39, 0.29) is 11.9 Å². The fraction of sp³-hybridized carbons (Fsp3) is 0.387. The molecule has 1 fully saturated rings. The molecular formula is C31H36N2O. The smallest absolute Gasteiger partial charge is 0.227 e. The van der Waals surface area contributed by atoms with E-state index in [0.717, 1.165) is 37.4 Å². The maximum Gasteiger partial charge on any atom is 0.227 e. The standard InChI is InChI=1S/C31H36N2O/c34-31(22-26-11-5-2-6-12-26)33-24-29-14-8-7-13-28(29)23-30(33)17-20-32-18-15-27(16-19-32)21-25-9-3-1-4-10-25/h1-14,27,30H,15-24H2. The summed E-state index contributed by atoms with van der Waals surface area (Å²) < 4.78 is 0. The molecule has 0 radical (unpaired) electrons. The fourth-order valence-electron chi connectivity index (χ4n) is 5.70. The Morgan fingerprint density at radius 1 is 0.765 bits per heavy atom. The fourth-order valence-corrected chi connectivity index (χ4v) is 5.70. The number of piperidine rings is 1. The quantitative estimate of drug-likeness (QED) is 0.471. The van der Waals surface area contributed by atoms with Gasteiger partial charge >= 0.3 is 0 Å². The zero-order chi connectivity index (χ0) is 23.2. The monoisotopic (exact) mass is 452 g/mol. The molecule has 3 nitrogen and oxygen atoms in total. The molecule has 0 N–H and O–H groups in total. The molecule has 0 spiro atoms. The van der Waals surface area contributed by atoms with Crippen LogP contribution in [0.3, 0.4) is 0 Å². The summed E-state index contributed by atoms with van der Waals surface area (Å²) in [4.78, 5) is 18.2. The van der Waals surface area contributed by atoms with Crippen molar-refractivity contribution in [2.45, 2.75) is 51.1 Å². The van der Waals surface area contributed by atoms with Crippen molar-refractivity contribution in [2.24, 2.45) is 5.92 Å². The van der Waals surface area contributed by atoms with E-state index in [4.69, 9.17) is 0 Å². The van der Waals surface area contributed by atoms with Crippen LogP contribution >= 0.6 is 0 Å². The SMILES string of the molecule is O=C(Cc1ccccc1)N1Cc2ccccc2CC1CCN1CCC(Cc2ccccc2)CC1. The van der Waals surface area contributed by atoms with Gasteiger partial charge in [0.05, 0.1) is 6.42 Å². The maximum atomic E-state index is 13.4. The molecule has 2 aliphatic heterocycles. The van der Waals surface area contributed by atoms with Crippen LogP contribution in [-0.2, 0) is 30.6 Å². The first-order valence-corrected chi connectivity index (χ1v) is 12.9. The Bertz CT molecular complexity index is 1060. The lowest BCUT2D eigenvalue weighted by Gasteiger charge is -2.39. The molecule has 2 heterocycles. The summed E-state index contributed by atoms with van der Waals surface area (Å²) in [7, 11) is 0. The molecule has 0 aliphatic carbocycles. The topological polar surface area (TPSA) is 23.6 Å². The maximum absolute atomic E-state index is 13.4. The van der Waals surface area contributed by atoms with Crippen molar-refractivity contribution < 1.29 is 4.79 Å². The Kier molecular flexibility index (Phi) is 7.40. The highest BCUT2D eigenvalue weighted by molar-refractivity contribution is 5.79. The average Bonchev–Trinajstić information content (AvgIpc) is 2.89. The van der Waals surface area contributed by atoms with E-state index in [0.29, 0.717) is 6.42 Å². The molecule has 1 unspecified atom stereocenters. The van der Waals surface area contributed by atoms with Gasteiger partial charge in [-0.15, -0.1) is 0 Å². The first-order valence-electron chi connectivity index (χ1n) is 12.9. The lowest BCUT2D eigenvalue weighted by molar-refractivity contribution is -0.134. The minimum absolute atomic E-state index is 0.257. The van der Waals surface area contributed by atoms with Crippen molar-refractivity contribution in [3.8, 4) is 0 Å². The van der Waals surface area contributed by atoms with Gasteiger partial charge in [0.1, 0.15) is 0 Å². The third-order valence-electron chi connectivity index (χ3n) is 7.73. The normalized spacial score (nSPS) is 19.1. The molecule has 2 aliphatic rings. The van der Waals surface area contributed by atoms with Gasteiger partial charge in [-0.2, -0.15) is 0 Å². The van der Waals surface area contributed by atoms with E-state index < -0.39 is 0 Å². The Morgan fingerprint density at radius 3 is 2.09 bits per heavy atom. The summed E-state index contributed by atoms with van der Waals surface area (Å²) in [5, 5.41) is 0. The van der Waals surface area contributed by atoms with Gasteiger partial charge < -0.3 is 9.80 Å². The summed E-state index contributed by atoms with van der Waals surface area (Å²) in [6, 6.07) is 30.0. The highest BCUT2D eigenvalue weighted by Gasteiger charge is 2.30. The highest BCUT2D eigenvalue weighted by Crippen LogP contribution is 2.27. The van der Waals surface area contributed by atoms with E-state index in [1.807, 2.05) is 18.2 Å². The first kappa shape index (κ1) is 22.9. The molecule has 176 valence electrons. The second-order valence-corrected chi connectivity index (χ2v) is 10.1. The van der Waals surface area contributed by atoms with Crippen LogP contribution < -0.4 is 0 Å². The number of rotatable bonds is 7. The number of likely N-dealkylation sites (tertiary alicyclic amines) is 1. The van der Waals surface area contributed by atoms with Crippen LogP contribution in [0, 0.1) is 5.92 Å². The zero-order valence-corrected chi connectivity index (χ0v) is 20.1. The van der Waals surface area contributed by atoms with Gasteiger partial charge in [0.25, 0.3) is 0 Å². The van der Waals surface area contributed by atoms with Gasteiger partial charge in [-0.1, -0.05) is 84.9 Å². The van der Waals surface area contributed by atoms with Gasteiger partial charge in [0.2, 0.25) is 5.91 Å². The van der Waals surface area contributed by atoms with Crippen molar-refractivity contribution >= 4 is 5.91 Å². The third kappa shape index (κ3) is 5.77. The molecule has 0 bridgehead atoms. The molecule has 3 aromatic carbocycles. The van der Waals surface area contributed by atoms with Gasteiger partial charge in [0.15, 0.2) is 0 Å². The number of fused-ring (bicyclic) bond motifs is 1. The Hall–Kier alpha value is -2.91. The number of carbonyl (C=O) groups excluding carboxylic acids is 1. The molecule has 34 heavy (non-hydrogen) atoms. The number of benzene rings is 3. The predicted octanol–water partition coefficient (Wildman–Crippen LogP) is 5.53. The second-order valence-electron chi connectivity index (χ2n) is 10.1. The minimum atomic E-state index is 0.257. The van der Waals surface area contributed by atoms with Gasteiger partial charge in [-0.25, -0.2) is 0 Å². The Morgan fingerprint density at radius 2 is 1.38 bits per heavy atom. The second kappa shape index (κ2) is 11.0. The van der Waals surface area contributed by atoms with Crippen LogP contribution in [0.2, 0.25) is 0 Å². The van der Waals surface area contributed by atoms with E-state index in [1.54, 1.807) is 0 Å². The summed E-state index contributed by atoms with van der Waals surface area (Å²) in [5.74, 6) is 1.05. The lowest BCUT2D eigenvalue weighted by Crippen LogP contribution is -2.47. The highest BCUT2D eigenvalue weighted by atomic mass is 16.2. The van der Waals surface area contributed by atoms with E-state index in [2.05, 4.69) is 76.5 Å².